The Labute approximate surface area is 107 Å². The average molecular weight is 271 g/mol. The van der Waals surface area contributed by atoms with E-state index in [2.05, 4.69) is 5.32 Å². The van der Waals surface area contributed by atoms with Crippen molar-refractivity contribution in [1.29, 1.82) is 0 Å². The van der Waals surface area contributed by atoms with Crippen LogP contribution in [0.15, 0.2) is 6.07 Å². The van der Waals surface area contributed by atoms with Gasteiger partial charge < -0.3 is 10.4 Å². The monoisotopic (exact) mass is 271 g/mol. The number of carbonyl (C=O) groups excluding carboxylic acids is 1. The highest BCUT2D eigenvalue weighted by molar-refractivity contribution is 8.00. The molecule has 1 saturated heterocycles. The molecule has 1 aliphatic heterocycles. The zero-order valence-electron chi connectivity index (χ0n) is 9.36. The van der Waals surface area contributed by atoms with Crippen molar-refractivity contribution in [1.82, 2.24) is 0 Å². The first-order valence-electron chi connectivity index (χ1n) is 5.34. The summed E-state index contributed by atoms with van der Waals surface area (Å²) in [6.07, 6.45) is 1.99. The summed E-state index contributed by atoms with van der Waals surface area (Å²) in [7, 11) is 0. The largest absolute Gasteiger partial charge is 0.477 e. The number of rotatable bonds is 3. The lowest BCUT2D eigenvalue weighted by atomic mass is 10.2. The van der Waals surface area contributed by atoms with Crippen molar-refractivity contribution < 1.29 is 14.7 Å². The summed E-state index contributed by atoms with van der Waals surface area (Å²) in [6, 6.07) is 1.71. The molecule has 0 aliphatic carbocycles. The van der Waals surface area contributed by atoms with Crippen molar-refractivity contribution in [3.05, 3.63) is 16.5 Å². The Kier molecular flexibility index (Phi) is 3.73. The molecule has 0 saturated carbocycles. The van der Waals surface area contributed by atoms with Gasteiger partial charge in [0, 0.05) is 0 Å². The Morgan fingerprint density at radius 2 is 2.29 bits per heavy atom. The molecule has 1 unspecified atom stereocenters. The highest BCUT2D eigenvalue weighted by Gasteiger charge is 2.24. The summed E-state index contributed by atoms with van der Waals surface area (Å²) in [5, 5.41) is 12.4. The summed E-state index contributed by atoms with van der Waals surface area (Å²) >= 11 is 2.78. The highest BCUT2D eigenvalue weighted by atomic mass is 32.2. The summed E-state index contributed by atoms with van der Waals surface area (Å²) < 4.78 is 0. The van der Waals surface area contributed by atoms with Crippen LogP contribution in [0.1, 0.15) is 28.1 Å². The summed E-state index contributed by atoms with van der Waals surface area (Å²) in [4.78, 5) is 23.0. The Morgan fingerprint density at radius 1 is 1.53 bits per heavy atom. The van der Waals surface area contributed by atoms with E-state index < -0.39 is 5.97 Å². The van der Waals surface area contributed by atoms with Crippen LogP contribution in [0.2, 0.25) is 0 Å². The third kappa shape index (κ3) is 2.81. The number of carboxylic acid groups (broad SMARTS) is 1. The molecule has 4 nitrogen and oxygen atoms in total. The van der Waals surface area contributed by atoms with Crippen molar-refractivity contribution in [3.63, 3.8) is 0 Å². The molecule has 1 atom stereocenters. The fourth-order valence-electron chi connectivity index (χ4n) is 1.74. The Hall–Kier alpha value is -1.01. The van der Waals surface area contributed by atoms with E-state index in [0.717, 1.165) is 29.9 Å². The molecule has 1 aromatic rings. The molecule has 2 heterocycles. The van der Waals surface area contributed by atoms with Crippen molar-refractivity contribution >= 4 is 40.0 Å². The van der Waals surface area contributed by atoms with Crippen molar-refractivity contribution in [2.24, 2.45) is 0 Å². The molecule has 92 valence electrons. The molecule has 0 spiro atoms. The lowest BCUT2D eigenvalue weighted by molar-refractivity contribution is -0.115. The van der Waals surface area contributed by atoms with Gasteiger partial charge in [0.25, 0.3) is 0 Å². The predicted molar refractivity (Wildman–Crippen MR) is 70.1 cm³/mol. The molecule has 1 aliphatic rings. The van der Waals surface area contributed by atoms with Gasteiger partial charge in [0.2, 0.25) is 5.91 Å². The third-order valence-corrected chi connectivity index (χ3v) is 5.10. The maximum Gasteiger partial charge on any atom is 0.346 e. The first kappa shape index (κ1) is 12.4. The average Bonchev–Trinajstić information content (AvgIpc) is 2.86. The number of carbonyl (C=O) groups is 2. The number of nitrogens with one attached hydrogen (secondary N) is 1. The Morgan fingerprint density at radius 3 is 2.82 bits per heavy atom. The molecule has 0 bridgehead atoms. The minimum absolute atomic E-state index is 0.00862. The molecule has 2 rings (SSSR count). The van der Waals surface area contributed by atoms with Gasteiger partial charge in [-0.15, -0.1) is 23.1 Å². The molecule has 0 radical (unpaired) electrons. The predicted octanol–water partition coefficient (Wildman–Crippen LogP) is 2.59. The topological polar surface area (TPSA) is 66.4 Å². The number of amides is 1. The second-order valence-corrected chi connectivity index (χ2v) is 6.28. The number of thioether (sulfide) groups is 1. The van der Waals surface area contributed by atoms with Crippen LogP contribution in [0.5, 0.6) is 0 Å². The highest BCUT2D eigenvalue weighted by Crippen LogP contribution is 2.30. The fraction of sp³-hybridized carbons (Fsp3) is 0.455. The quantitative estimate of drug-likeness (QED) is 0.886. The second-order valence-electron chi connectivity index (χ2n) is 3.92. The molecule has 6 heteroatoms. The lowest BCUT2D eigenvalue weighted by Gasteiger charge is -2.07. The zero-order chi connectivity index (χ0) is 12.4. The Bertz CT molecular complexity index is 450. The molecular formula is C11H13NO3S2. The van der Waals surface area contributed by atoms with Crippen LogP contribution in [0.25, 0.3) is 0 Å². The van der Waals surface area contributed by atoms with Crippen molar-refractivity contribution in [2.75, 3.05) is 11.1 Å². The minimum atomic E-state index is -0.941. The maximum atomic E-state index is 11.8. The summed E-state index contributed by atoms with van der Waals surface area (Å²) in [5.41, 5.74) is 0.692. The van der Waals surface area contributed by atoms with Gasteiger partial charge in [0.15, 0.2) is 0 Å². The standard InChI is InChI=1S/C11H13NO3S2/c1-6-5-8(17-9(6)11(14)15)12-10(13)7-3-2-4-16-7/h5,7H,2-4H2,1H3,(H,12,13)(H,14,15). The Balaban J connectivity index is 2.05. The van der Waals surface area contributed by atoms with Gasteiger partial charge in [0.05, 0.1) is 10.3 Å². The van der Waals surface area contributed by atoms with Crippen molar-refractivity contribution in [3.8, 4) is 0 Å². The van der Waals surface area contributed by atoms with Crippen LogP contribution in [-0.2, 0) is 4.79 Å². The first-order valence-corrected chi connectivity index (χ1v) is 7.20. The number of hydrogen-bond acceptors (Lipinski definition) is 4. The lowest BCUT2D eigenvalue weighted by Crippen LogP contribution is -2.22. The van der Waals surface area contributed by atoms with E-state index in [1.54, 1.807) is 24.8 Å². The molecule has 1 fully saturated rings. The van der Waals surface area contributed by atoms with Gasteiger partial charge in [-0.2, -0.15) is 0 Å². The van der Waals surface area contributed by atoms with Gasteiger partial charge in [-0.25, -0.2) is 4.79 Å². The summed E-state index contributed by atoms with van der Waals surface area (Å²) in [6.45, 7) is 1.74. The van der Waals surface area contributed by atoms with E-state index in [1.165, 1.54) is 0 Å². The molecule has 1 amide bonds. The van der Waals surface area contributed by atoms with Crippen LogP contribution in [0, 0.1) is 6.92 Å². The first-order chi connectivity index (χ1) is 8.08. The number of aromatic carboxylic acids is 1. The fourth-order valence-corrected chi connectivity index (χ4v) is 3.82. The van der Waals surface area contributed by atoms with E-state index in [1.807, 2.05) is 0 Å². The summed E-state index contributed by atoms with van der Waals surface area (Å²) in [5.74, 6) is 0.0796. The van der Waals surface area contributed by atoms with Crippen LogP contribution in [0.3, 0.4) is 0 Å². The van der Waals surface area contributed by atoms with E-state index in [4.69, 9.17) is 5.11 Å². The zero-order valence-corrected chi connectivity index (χ0v) is 11.0. The van der Waals surface area contributed by atoms with E-state index >= 15 is 0 Å². The van der Waals surface area contributed by atoms with E-state index in [9.17, 15) is 9.59 Å². The van der Waals surface area contributed by atoms with Crippen LogP contribution in [0.4, 0.5) is 5.00 Å². The molecule has 0 aromatic carbocycles. The van der Waals surface area contributed by atoms with Crippen molar-refractivity contribution in [2.45, 2.75) is 25.0 Å². The van der Waals surface area contributed by atoms with E-state index in [-0.39, 0.29) is 11.2 Å². The van der Waals surface area contributed by atoms with Crippen LogP contribution in [-0.4, -0.2) is 28.0 Å². The van der Waals surface area contributed by atoms with Gasteiger partial charge >= 0.3 is 5.97 Å². The van der Waals surface area contributed by atoms with Gasteiger partial charge in [-0.3, -0.25) is 4.79 Å². The van der Waals surface area contributed by atoms with E-state index in [0.29, 0.717) is 15.4 Å². The molecule has 1 aromatic heterocycles. The van der Waals surface area contributed by atoms with Crippen LogP contribution < -0.4 is 5.32 Å². The minimum Gasteiger partial charge on any atom is -0.477 e. The second kappa shape index (κ2) is 5.10. The molecular weight excluding hydrogens is 258 g/mol. The number of carboxylic acids is 1. The number of thiophene rings is 1. The number of anilines is 1. The number of aryl methyl sites for hydroxylation is 1. The smallest absolute Gasteiger partial charge is 0.346 e. The van der Waals surface area contributed by atoms with Gasteiger partial charge in [-0.05, 0) is 37.1 Å². The molecule has 17 heavy (non-hydrogen) atoms. The third-order valence-electron chi connectivity index (χ3n) is 2.58. The van der Waals surface area contributed by atoms with Crippen LogP contribution >= 0.6 is 23.1 Å². The van der Waals surface area contributed by atoms with Gasteiger partial charge in [0.1, 0.15) is 4.88 Å². The maximum absolute atomic E-state index is 11.8. The SMILES string of the molecule is Cc1cc(NC(=O)C2CCCS2)sc1C(=O)O. The normalized spacial score (nSPS) is 19.2. The molecule has 2 N–H and O–H groups in total. The number of hydrogen-bond donors (Lipinski definition) is 2. The van der Waals surface area contributed by atoms with Gasteiger partial charge in [-0.1, -0.05) is 0 Å².